The molecule has 0 radical (unpaired) electrons. The summed E-state index contributed by atoms with van der Waals surface area (Å²) < 4.78 is 11.5. The molecule has 0 aliphatic carbocycles. The van der Waals surface area contributed by atoms with Crippen molar-refractivity contribution in [2.24, 2.45) is 5.41 Å². The van der Waals surface area contributed by atoms with Gasteiger partial charge in [0.2, 0.25) is 0 Å². The van der Waals surface area contributed by atoms with Crippen molar-refractivity contribution in [3.05, 3.63) is 0 Å². The van der Waals surface area contributed by atoms with Crippen LogP contribution in [-0.2, 0) is 9.47 Å². The van der Waals surface area contributed by atoms with E-state index >= 15 is 0 Å². The lowest BCUT2D eigenvalue weighted by molar-refractivity contribution is -0.140. The second kappa shape index (κ2) is 6.73. The summed E-state index contributed by atoms with van der Waals surface area (Å²) in [6, 6.07) is 0.469. The van der Waals surface area contributed by atoms with Gasteiger partial charge in [-0.25, -0.2) is 0 Å². The summed E-state index contributed by atoms with van der Waals surface area (Å²) in [5, 5.41) is 13.6. The Morgan fingerprint density at radius 3 is 2.60 bits per heavy atom. The summed E-state index contributed by atoms with van der Waals surface area (Å²) in [6.07, 6.45) is 4.69. The van der Waals surface area contributed by atoms with E-state index in [1.54, 1.807) is 0 Å². The number of nitrogens with one attached hydrogen (secondary N) is 1. The molecule has 0 aromatic heterocycles. The Hall–Kier alpha value is -0.160. The van der Waals surface area contributed by atoms with Crippen molar-refractivity contribution >= 4 is 0 Å². The Balaban J connectivity index is 1.75. The van der Waals surface area contributed by atoms with Gasteiger partial charge < -0.3 is 19.9 Å². The number of ether oxygens (including phenoxy) is 2. The SMILES string of the molecule is CC(C)(C)CC(O)CNC1CCOC2(CCOCC2)C1. The molecule has 2 heterocycles. The Morgan fingerprint density at radius 2 is 1.95 bits per heavy atom. The number of hydrogen-bond acceptors (Lipinski definition) is 4. The molecular formula is C16H31NO3. The van der Waals surface area contributed by atoms with Gasteiger partial charge in [0.25, 0.3) is 0 Å². The third-order valence-corrected chi connectivity index (χ3v) is 4.39. The molecule has 0 bridgehead atoms. The van der Waals surface area contributed by atoms with Crippen LogP contribution < -0.4 is 5.32 Å². The van der Waals surface area contributed by atoms with Gasteiger partial charge in [-0.3, -0.25) is 0 Å². The number of aliphatic hydroxyl groups excluding tert-OH is 1. The summed E-state index contributed by atoms with van der Waals surface area (Å²) in [6.45, 7) is 9.66. The Labute approximate surface area is 123 Å². The van der Waals surface area contributed by atoms with Crippen molar-refractivity contribution in [3.63, 3.8) is 0 Å². The molecule has 0 aromatic rings. The van der Waals surface area contributed by atoms with Crippen LogP contribution in [0.3, 0.4) is 0 Å². The second-order valence-electron chi connectivity index (χ2n) is 7.66. The zero-order valence-corrected chi connectivity index (χ0v) is 13.3. The van der Waals surface area contributed by atoms with Gasteiger partial charge >= 0.3 is 0 Å². The maximum absolute atomic E-state index is 10.1. The summed E-state index contributed by atoms with van der Waals surface area (Å²) in [5.74, 6) is 0. The smallest absolute Gasteiger partial charge is 0.0741 e. The van der Waals surface area contributed by atoms with Crippen LogP contribution in [0.15, 0.2) is 0 Å². The third kappa shape index (κ3) is 4.99. The minimum atomic E-state index is -0.261. The van der Waals surface area contributed by atoms with E-state index in [4.69, 9.17) is 9.47 Å². The van der Waals surface area contributed by atoms with E-state index in [0.717, 1.165) is 51.9 Å². The van der Waals surface area contributed by atoms with Crippen LogP contribution in [-0.4, -0.2) is 49.2 Å². The van der Waals surface area contributed by atoms with Crippen LogP contribution in [0.2, 0.25) is 0 Å². The quantitative estimate of drug-likeness (QED) is 0.830. The first kappa shape index (κ1) is 16.2. The van der Waals surface area contributed by atoms with Gasteiger partial charge in [0.05, 0.1) is 11.7 Å². The predicted molar refractivity (Wildman–Crippen MR) is 79.8 cm³/mol. The fourth-order valence-corrected chi connectivity index (χ4v) is 3.38. The molecule has 4 nitrogen and oxygen atoms in total. The van der Waals surface area contributed by atoms with Crippen LogP contribution in [0.25, 0.3) is 0 Å². The largest absolute Gasteiger partial charge is 0.392 e. The van der Waals surface area contributed by atoms with Crippen molar-refractivity contribution in [1.82, 2.24) is 5.32 Å². The molecule has 2 rings (SSSR count). The highest BCUT2D eigenvalue weighted by Gasteiger charge is 2.38. The third-order valence-electron chi connectivity index (χ3n) is 4.39. The fourth-order valence-electron chi connectivity index (χ4n) is 3.38. The molecule has 2 aliphatic heterocycles. The molecule has 0 aromatic carbocycles. The van der Waals surface area contributed by atoms with Crippen molar-refractivity contribution in [1.29, 1.82) is 0 Å². The van der Waals surface area contributed by atoms with Gasteiger partial charge in [-0.15, -0.1) is 0 Å². The standard InChI is InChI=1S/C16H31NO3/c1-15(2,3)11-14(18)12-17-13-4-7-20-16(10-13)5-8-19-9-6-16/h13-14,17-18H,4-12H2,1-3H3. The monoisotopic (exact) mass is 285 g/mol. The lowest BCUT2D eigenvalue weighted by Gasteiger charge is -2.43. The maximum Gasteiger partial charge on any atom is 0.0741 e. The summed E-state index contributed by atoms with van der Waals surface area (Å²) in [5.41, 5.74) is 0.210. The molecule has 118 valence electrons. The minimum absolute atomic E-state index is 0.0309. The van der Waals surface area contributed by atoms with Gasteiger partial charge in [-0.1, -0.05) is 20.8 Å². The average Bonchev–Trinajstić information content (AvgIpc) is 2.35. The number of hydrogen-bond donors (Lipinski definition) is 2. The van der Waals surface area contributed by atoms with E-state index in [2.05, 4.69) is 26.1 Å². The van der Waals surface area contributed by atoms with Gasteiger partial charge in [-0.05, 0) is 37.5 Å². The van der Waals surface area contributed by atoms with E-state index < -0.39 is 0 Å². The van der Waals surface area contributed by atoms with E-state index in [0.29, 0.717) is 12.6 Å². The first-order chi connectivity index (χ1) is 9.39. The van der Waals surface area contributed by atoms with Crippen LogP contribution in [0, 0.1) is 5.41 Å². The van der Waals surface area contributed by atoms with Crippen molar-refractivity contribution < 1.29 is 14.6 Å². The average molecular weight is 285 g/mol. The molecule has 1 spiro atoms. The topological polar surface area (TPSA) is 50.7 Å². The molecule has 2 saturated heterocycles. The number of rotatable bonds is 4. The Morgan fingerprint density at radius 1 is 1.25 bits per heavy atom. The maximum atomic E-state index is 10.1. The van der Waals surface area contributed by atoms with Crippen LogP contribution in [0.5, 0.6) is 0 Å². The summed E-state index contributed by atoms with van der Waals surface area (Å²) >= 11 is 0. The lowest BCUT2D eigenvalue weighted by atomic mass is 9.84. The molecule has 2 unspecified atom stereocenters. The highest BCUT2D eigenvalue weighted by molar-refractivity contribution is 4.91. The Kier molecular flexibility index (Phi) is 5.46. The first-order valence-electron chi connectivity index (χ1n) is 8.02. The molecule has 0 saturated carbocycles. The zero-order chi connectivity index (χ0) is 14.6. The highest BCUT2D eigenvalue weighted by Crippen LogP contribution is 2.34. The van der Waals surface area contributed by atoms with Gasteiger partial charge in [0.1, 0.15) is 0 Å². The molecule has 20 heavy (non-hydrogen) atoms. The zero-order valence-electron chi connectivity index (χ0n) is 13.3. The molecule has 0 amide bonds. The molecule has 4 heteroatoms. The minimum Gasteiger partial charge on any atom is -0.392 e. The molecule has 2 atom stereocenters. The highest BCUT2D eigenvalue weighted by atomic mass is 16.5. The number of aliphatic hydroxyl groups is 1. The molecular weight excluding hydrogens is 254 g/mol. The predicted octanol–water partition coefficient (Wildman–Crippen LogP) is 2.10. The summed E-state index contributed by atoms with van der Waals surface area (Å²) in [7, 11) is 0. The van der Waals surface area contributed by atoms with Gasteiger partial charge in [0.15, 0.2) is 0 Å². The van der Waals surface area contributed by atoms with Gasteiger partial charge in [0, 0.05) is 32.4 Å². The van der Waals surface area contributed by atoms with E-state index in [1.807, 2.05) is 0 Å². The molecule has 2 fully saturated rings. The lowest BCUT2D eigenvalue weighted by Crippen LogP contribution is -2.51. The van der Waals surface area contributed by atoms with Crippen molar-refractivity contribution in [2.75, 3.05) is 26.4 Å². The van der Waals surface area contributed by atoms with E-state index in [9.17, 15) is 5.11 Å². The normalized spacial score (nSPS) is 28.5. The molecule has 2 N–H and O–H groups in total. The molecule has 2 aliphatic rings. The van der Waals surface area contributed by atoms with Gasteiger partial charge in [-0.2, -0.15) is 0 Å². The van der Waals surface area contributed by atoms with E-state index in [1.165, 1.54) is 0 Å². The Bertz CT molecular complexity index is 289. The fraction of sp³-hybridized carbons (Fsp3) is 1.00. The van der Waals surface area contributed by atoms with Crippen LogP contribution >= 0.6 is 0 Å². The first-order valence-corrected chi connectivity index (χ1v) is 8.02. The summed E-state index contributed by atoms with van der Waals surface area (Å²) in [4.78, 5) is 0. The van der Waals surface area contributed by atoms with Crippen molar-refractivity contribution in [2.45, 2.75) is 70.6 Å². The second-order valence-corrected chi connectivity index (χ2v) is 7.66. The van der Waals surface area contributed by atoms with Crippen LogP contribution in [0.1, 0.15) is 52.9 Å². The van der Waals surface area contributed by atoms with Crippen molar-refractivity contribution in [3.8, 4) is 0 Å². The van der Waals surface area contributed by atoms with Crippen LogP contribution in [0.4, 0.5) is 0 Å². The van der Waals surface area contributed by atoms with E-state index in [-0.39, 0.29) is 17.1 Å².